The van der Waals surface area contributed by atoms with Gasteiger partial charge in [-0.25, -0.2) is 0 Å². The number of rotatable bonds is 5. The Morgan fingerprint density at radius 1 is 1.09 bits per heavy atom. The number of hydrogen-bond donors (Lipinski definition) is 1. The van der Waals surface area contributed by atoms with E-state index in [1.54, 1.807) is 6.07 Å². The molecule has 1 heterocycles. The van der Waals surface area contributed by atoms with Gasteiger partial charge in [-0.3, -0.25) is 4.79 Å². The van der Waals surface area contributed by atoms with Crippen LogP contribution < -0.4 is 5.32 Å². The van der Waals surface area contributed by atoms with Crippen molar-refractivity contribution in [1.82, 2.24) is 10.5 Å². The first-order chi connectivity index (χ1) is 11.2. The first kappa shape index (κ1) is 15.0. The van der Waals surface area contributed by atoms with Crippen molar-refractivity contribution >= 4 is 5.91 Å². The first-order valence-electron chi connectivity index (χ1n) is 7.58. The van der Waals surface area contributed by atoms with Crippen molar-refractivity contribution in [3.8, 4) is 11.3 Å². The van der Waals surface area contributed by atoms with E-state index in [0.29, 0.717) is 12.2 Å². The zero-order valence-corrected chi connectivity index (χ0v) is 13.0. The molecule has 0 unspecified atom stereocenters. The molecule has 2 aromatic carbocycles. The van der Waals surface area contributed by atoms with Crippen molar-refractivity contribution < 1.29 is 9.32 Å². The highest BCUT2D eigenvalue weighted by Gasteiger charge is 2.13. The summed E-state index contributed by atoms with van der Waals surface area (Å²) in [4.78, 5) is 12.1. The molecular formula is C19H18N2O2. The average Bonchev–Trinajstić information content (AvgIpc) is 3.06. The molecule has 4 heteroatoms. The molecule has 0 aliphatic heterocycles. The topological polar surface area (TPSA) is 55.1 Å². The predicted molar refractivity (Wildman–Crippen MR) is 89.2 cm³/mol. The highest BCUT2D eigenvalue weighted by atomic mass is 16.5. The molecule has 3 aromatic rings. The van der Waals surface area contributed by atoms with Gasteiger partial charge in [-0.2, -0.15) is 0 Å². The van der Waals surface area contributed by atoms with Crippen LogP contribution in [0.5, 0.6) is 0 Å². The Bertz CT molecular complexity index is 777. The molecule has 1 amide bonds. The quantitative estimate of drug-likeness (QED) is 0.783. The number of carbonyl (C=O) groups excluding carboxylic acids is 1. The number of nitrogens with one attached hydrogen (secondary N) is 1. The van der Waals surface area contributed by atoms with Crippen LogP contribution in [0.2, 0.25) is 0 Å². The van der Waals surface area contributed by atoms with Crippen LogP contribution in [0, 0.1) is 6.92 Å². The molecule has 0 spiro atoms. The molecule has 4 nitrogen and oxygen atoms in total. The van der Waals surface area contributed by atoms with Gasteiger partial charge in [-0.05, 0) is 18.9 Å². The van der Waals surface area contributed by atoms with Crippen LogP contribution in [-0.4, -0.2) is 17.6 Å². The molecule has 0 fully saturated rings. The fourth-order valence-corrected chi connectivity index (χ4v) is 2.29. The molecule has 0 aliphatic carbocycles. The zero-order chi connectivity index (χ0) is 16.1. The van der Waals surface area contributed by atoms with Crippen molar-refractivity contribution in [3.05, 3.63) is 77.6 Å². The highest BCUT2D eigenvalue weighted by Crippen LogP contribution is 2.19. The summed E-state index contributed by atoms with van der Waals surface area (Å²) in [5.41, 5.74) is 3.96. The molecule has 0 saturated heterocycles. The summed E-state index contributed by atoms with van der Waals surface area (Å²) in [6.07, 6.45) is 0.783. The normalized spacial score (nSPS) is 10.5. The molecule has 0 radical (unpaired) electrons. The second-order valence-corrected chi connectivity index (χ2v) is 5.43. The lowest BCUT2D eigenvalue weighted by molar-refractivity contribution is 0.0917. The summed E-state index contributed by atoms with van der Waals surface area (Å²) in [6.45, 7) is 2.58. The molecule has 23 heavy (non-hydrogen) atoms. The minimum Gasteiger partial charge on any atom is -0.350 e. The second-order valence-electron chi connectivity index (χ2n) is 5.43. The van der Waals surface area contributed by atoms with Crippen molar-refractivity contribution in [2.75, 3.05) is 6.54 Å². The van der Waals surface area contributed by atoms with E-state index in [1.165, 1.54) is 11.1 Å². The van der Waals surface area contributed by atoms with Gasteiger partial charge in [0, 0.05) is 18.2 Å². The van der Waals surface area contributed by atoms with Gasteiger partial charge in [0.2, 0.25) is 5.76 Å². The van der Waals surface area contributed by atoms with Crippen molar-refractivity contribution in [2.24, 2.45) is 0 Å². The van der Waals surface area contributed by atoms with Crippen LogP contribution in [0.15, 0.2) is 65.2 Å². The number of carbonyl (C=O) groups is 1. The maximum absolute atomic E-state index is 12.1. The third-order valence-electron chi connectivity index (χ3n) is 3.62. The van der Waals surface area contributed by atoms with E-state index in [2.05, 4.69) is 10.5 Å². The van der Waals surface area contributed by atoms with Crippen LogP contribution >= 0.6 is 0 Å². The molecule has 0 saturated carbocycles. The minimum atomic E-state index is -0.244. The second kappa shape index (κ2) is 6.92. The van der Waals surface area contributed by atoms with Gasteiger partial charge in [-0.1, -0.05) is 65.3 Å². The van der Waals surface area contributed by atoms with E-state index in [0.717, 1.165) is 12.0 Å². The lowest BCUT2D eigenvalue weighted by atomic mass is 10.1. The molecule has 1 aromatic heterocycles. The zero-order valence-electron chi connectivity index (χ0n) is 13.0. The molecule has 1 N–H and O–H groups in total. The standard InChI is InChI=1S/C19H18N2O2/c1-14-7-9-16(10-8-14)17-13-18(23-21-17)19(22)20-12-11-15-5-3-2-4-6-15/h2-10,13H,11-12H2,1H3,(H,20,22). The van der Waals surface area contributed by atoms with Gasteiger partial charge in [-0.15, -0.1) is 0 Å². The number of amides is 1. The summed E-state index contributed by atoms with van der Waals surface area (Å²) < 4.78 is 5.15. The monoisotopic (exact) mass is 306 g/mol. The lowest BCUT2D eigenvalue weighted by Gasteiger charge is -2.02. The van der Waals surface area contributed by atoms with Crippen LogP contribution in [0.3, 0.4) is 0 Å². The van der Waals surface area contributed by atoms with Crippen LogP contribution in [0.4, 0.5) is 0 Å². The fourth-order valence-electron chi connectivity index (χ4n) is 2.29. The summed E-state index contributed by atoms with van der Waals surface area (Å²) in [7, 11) is 0. The van der Waals surface area contributed by atoms with E-state index in [9.17, 15) is 4.79 Å². The maximum Gasteiger partial charge on any atom is 0.289 e. The Balaban J connectivity index is 1.59. The van der Waals surface area contributed by atoms with Gasteiger partial charge >= 0.3 is 0 Å². The average molecular weight is 306 g/mol. The Morgan fingerprint density at radius 2 is 1.83 bits per heavy atom. The van der Waals surface area contributed by atoms with Gasteiger partial charge in [0.25, 0.3) is 5.91 Å². The highest BCUT2D eigenvalue weighted by molar-refractivity contribution is 5.92. The van der Waals surface area contributed by atoms with Crippen LogP contribution in [-0.2, 0) is 6.42 Å². The third-order valence-corrected chi connectivity index (χ3v) is 3.62. The lowest BCUT2D eigenvalue weighted by Crippen LogP contribution is -2.25. The fraction of sp³-hybridized carbons (Fsp3) is 0.158. The molecule has 0 atom stereocenters. The van der Waals surface area contributed by atoms with E-state index < -0.39 is 0 Å². The van der Waals surface area contributed by atoms with E-state index in [-0.39, 0.29) is 11.7 Å². The van der Waals surface area contributed by atoms with Crippen LogP contribution in [0.25, 0.3) is 11.3 Å². The predicted octanol–water partition coefficient (Wildman–Crippen LogP) is 3.62. The number of hydrogen-bond acceptors (Lipinski definition) is 3. The first-order valence-corrected chi connectivity index (χ1v) is 7.58. The number of aromatic nitrogens is 1. The molecule has 0 aliphatic rings. The molecule has 116 valence electrons. The SMILES string of the molecule is Cc1ccc(-c2cc(C(=O)NCCc3ccccc3)on2)cc1. The number of aryl methyl sites for hydroxylation is 1. The Morgan fingerprint density at radius 3 is 2.57 bits per heavy atom. The summed E-state index contributed by atoms with van der Waals surface area (Å²) in [5, 5.41) is 6.82. The number of benzene rings is 2. The van der Waals surface area contributed by atoms with Gasteiger partial charge < -0.3 is 9.84 Å². The number of nitrogens with zero attached hydrogens (tertiary/aromatic N) is 1. The Hall–Kier alpha value is -2.88. The van der Waals surface area contributed by atoms with Crippen molar-refractivity contribution in [3.63, 3.8) is 0 Å². The van der Waals surface area contributed by atoms with E-state index in [1.807, 2.05) is 61.5 Å². The summed E-state index contributed by atoms with van der Waals surface area (Å²) in [6, 6.07) is 19.6. The van der Waals surface area contributed by atoms with Gasteiger partial charge in [0.15, 0.2) is 0 Å². The smallest absolute Gasteiger partial charge is 0.289 e. The van der Waals surface area contributed by atoms with Gasteiger partial charge in [0.1, 0.15) is 5.69 Å². The largest absolute Gasteiger partial charge is 0.350 e. The molecule has 0 bridgehead atoms. The maximum atomic E-state index is 12.1. The van der Waals surface area contributed by atoms with Crippen LogP contribution in [0.1, 0.15) is 21.7 Å². The van der Waals surface area contributed by atoms with Crippen molar-refractivity contribution in [2.45, 2.75) is 13.3 Å². The Kier molecular flexibility index (Phi) is 4.52. The van der Waals surface area contributed by atoms with E-state index >= 15 is 0 Å². The molecular weight excluding hydrogens is 288 g/mol. The van der Waals surface area contributed by atoms with Crippen molar-refractivity contribution in [1.29, 1.82) is 0 Å². The summed E-state index contributed by atoms with van der Waals surface area (Å²) >= 11 is 0. The minimum absolute atomic E-state index is 0.230. The molecule has 3 rings (SSSR count). The van der Waals surface area contributed by atoms with Gasteiger partial charge in [0.05, 0.1) is 0 Å². The Labute approximate surface area is 135 Å². The van der Waals surface area contributed by atoms with E-state index in [4.69, 9.17) is 4.52 Å². The summed E-state index contributed by atoms with van der Waals surface area (Å²) in [5.74, 6) is -0.0135. The third kappa shape index (κ3) is 3.86.